The van der Waals surface area contributed by atoms with Gasteiger partial charge in [0, 0.05) is 38.3 Å². The van der Waals surface area contributed by atoms with Gasteiger partial charge in [0.1, 0.15) is 18.0 Å². The van der Waals surface area contributed by atoms with Gasteiger partial charge in [0.25, 0.3) is 0 Å². The standard InChI is InChI=1S/C14H25N5O/c1-3-4-15-13-12(2)14(18-11-17-13)16-5-6-19-7-9-20-10-8-19/h11H,3-10H2,1-2H3,(H2,15,16,17,18). The molecule has 0 aliphatic carbocycles. The molecule has 0 atom stereocenters. The van der Waals surface area contributed by atoms with Crippen LogP contribution in [0.1, 0.15) is 18.9 Å². The molecule has 2 heterocycles. The van der Waals surface area contributed by atoms with Crippen LogP contribution in [0.25, 0.3) is 0 Å². The highest BCUT2D eigenvalue weighted by Crippen LogP contribution is 2.17. The number of nitrogens with zero attached hydrogens (tertiary/aromatic N) is 3. The van der Waals surface area contributed by atoms with E-state index in [9.17, 15) is 0 Å². The average molecular weight is 279 g/mol. The minimum Gasteiger partial charge on any atom is -0.379 e. The maximum absolute atomic E-state index is 5.35. The first-order chi connectivity index (χ1) is 9.81. The molecule has 2 N–H and O–H groups in total. The molecule has 0 bridgehead atoms. The Bertz CT molecular complexity index is 407. The van der Waals surface area contributed by atoms with E-state index in [-0.39, 0.29) is 0 Å². The monoisotopic (exact) mass is 279 g/mol. The molecule has 1 saturated heterocycles. The largest absolute Gasteiger partial charge is 0.379 e. The van der Waals surface area contributed by atoms with Crippen LogP contribution in [0, 0.1) is 6.92 Å². The topological polar surface area (TPSA) is 62.3 Å². The van der Waals surface area contributed by atoms with Crippen molar-refractivity contribution in [2.24, 2.45) is 0 Å². The minimum atomic E-state index is 0.845. The smallest absolute Gasteiger partial charge is 0.134 e. The molecule has 6 nitrogen and oxygen atoms in total. The zero-order valence-corrected chi connectivity index (χ0v) is 12.5. The van der Waals surface area contributed by atoms with Crippen molar-refractivity contribution in [1.29, 1.82) is 0 Å². The second-order valence-electron chi connectivity index (χ2n) is 5.00. The summed E-state index contributed by atoms with van der Waals surface area (Å²) < 4.78 is 5.35. The summed E-state index contributed by atoms with van der Waals surface area (Å²) in [5, 5.41) is 6.73. The van der Waals surface area contributed by atoms with Gasteiger partial charge in [-0.25, -0.2) is 9.97 Å². The van der Waals surface area contributed by atoms with E-state index < -0.39 is 0 Å². The van der Waals surface area contributed by atoms with Crippen LogP contribution < -0.4 is 10.6 Å². The molecule has 0 amide bonds. The zero-order valence-electron chi connectivity index (χ0n) is 12.5. The van der Waals surface area contributed by atoms with E-state index in [4.69, 9.17) is 4.74 Å². The number of hydrogen-bond acceptors (Lipinski definition) is 6. The number of rotatable bonds is 7. The molecule has 0 radical (unpaired) electrons. The molecule has 112 valence electrons. The fraction of sp³-hybridized carbons (Fsp3) is 0.714. The number of anilines is 2. The predicted molar refractivity (Wildman–Crippen MR) is 81.3 cm³/mol. The summed E-state index contributed by atoms with van der Waals surface area (Å²) in [6.45, 7) is 10.8. The normalized spacial score (nSPS) is 16.1. The van der Waals surface area contributed by atoms with Crippen molar-refractivity contribution in [3.05, 3.63) is 11.9 Å². The molecule has 0 saturated carbocycles. The van der Waals surface area contributed by atoms with Gasteiger partial charge >= 0.3 is 0 Å². The highest BCUT2D eigenvalue weighted by Gasteiger charge is 2.10. The van der Waals surface area contributed by atoms with Gasteiger partial charge in [-0.1, -0.05) is 6.92 Å². The lowest BCUT2D eigenvalue weighted by atomic mass is 10.3. The summed E-state index contributed by atoms with van der Waals surface area (Å²) >= 11 is 0. The van der Waals surface area contributed by atoms with Crippen LogP contribution in [0.4, 0.5) is 11.6 Å². The van der Waals surface area contributed by atoms with Crippen molar-refractivity contribution in [1.82, 2.24) is 14.9 Å². The fourth-order valence-electron chi connectivity index (χ4n) is 2.21. The van der Waals surface area contributed by atoms with E-state index in [1.807, 2.05) is 0 Å². The summed E-state index contributed by atoms with van der Waals surface area (Å²) in [5.41, 5.74) is 1.09. The van der Waals surface area contributed by atoms with Gasteiger partial charge in [-0.05, 0) is 13.3 Å². The summed E-state index contributed by atoms with van der Waals surface area (Å²) in [7, 11) is 0. The summed E-state index contributed by atoms with van der Waals surface area (Å²) in [5.74, 6) is 1.85. The summed E-state index contributed by atoms with van der Waals surface area (Å²) in [6.07, 6.45) is 2.70. The molecule has 1 aromatic rings. The molecule has 2 rings (SSSR count). The van der Waals surface area contributed by atoms with Gasteiger partial charge in [0.2, 0.25) is 0 Å². The molecular formula is C14H25N5O. The number of morpholine rings is 1. The first-order valence-corrected chi connectivity index (χ1v) is 7.40. The third-order valence-corrected chi connectivity index (χ3v) is 3.45. The van der Waals surface area contributed by atoms with Crippen molar-refractivity contribution >= 4 is 11.6 Å². The third-order valence-electron chi connectivity index (χ3n) is 3.45. The van der Waals surface area contributed by atoms with Gasteiger partial charge in [-0.15, -0.1) is 0 Å². The zero-order chi connectivity index (χ0) is 14.2. The van der Waals surface area contributed by atoms with Gasteiger partial charge in [-0.3, -0.25) is 4.90 Å². The van der Waals surface area contributed by atoms with Crippen LogP contribution in [0.15, 0.2) is 6.33 Å². The molecule has 0 unspecified atom stereocenters. The molecule has 1 aliphatic heterocycles. The lowest BCUT2D eigenvalue weighted by Crippen LogP contribution is -2.39. The molecule has 0 spiro atoms. The first-order valence-electron chi connectivity index (χ1n) is 7.40. The Morgan fingerprint density at radius 3 is 2.45 bits per heavy atom. The van der Waals surface area contributed by atoms with Crippen LogP contribution in [0.3, 0.4) is 0 Å². The van der Waals surface area contributed by atoms with Crippen molar-refractivity contribution in [2.75, 3.05) is 56.6 Å². The van der Waals surface area contributed by atoms with E-state index >= 15 is 0 Å². The number of aromatic nitrogens is 2. The molecule has 1 fully saturated rings. The van der Waals surface area contributed by atoms with E-state index in [0.29, 0.717) is 0 Å². The highest BCUT2D eigenvalue weighted by atomic mass is 16.5. The second kappa shape index (κ2) is 8.01. The van der Waals surface area contributed by atoms with Gasteiger partial charge in [0.15, 0.2) is 0 Å². The SMILES string of the molecule is CCCNc1ncnc(NCCN2CCOCC2)c1C. The number of hydrogen-bond donors (Lipinski definition) is 2. The summed E-state index contributed by atoms with van der Waals surface area (Å²) in [6, 6.07) is 0. The van der Waals surface area contributed by atoms with Crippen molar-refractivity contribution in [3.63, 3.8) is 0 Å². The Morgan fingerprint density at radius 2 is 1.80 bits per heavy atom. The van der Waals surface area contributed by atoms with E-state index in [1.54, 1.807) is 6.33 Å². The molecule has 0 aromatic carbocycles. The first kappa shape index (κ1) is 15.0. The Kier molecular flexibility index (Phi) is 6.01. The van der Waals surface area contributed by atoms with Crippen molar-refractivity contribution < 1.29 is 4.74 Å². The fourth-order valence-corrected chi connectivity index (χ4v) is 2.21. The molecule has 1 aromatic heterocycles. The second-order valence-corrected chi connectivity index (χ2v) is 5.00. The van der Waals surface area contributed by atoms with E-state index in [2.05, 4.69) is 39.3 Å². The van der Waals surface area contributed by atoms with Crippen LogP contribution >= 0.6 is 0 Å². The average Bonchev–Trinajstić information content (AvgIpc) is 2.49. The predicted octanol–water partition coefficient (Wildman–Crippen LogP) is 1.35. The van der Waals surface area contributed by atoms with Gasteiger partial charge < -0.3 is 15.4 Å². The maximum Gasteiger partial charge on any atom is 0.134 e. The lowest BCUT2D eigenvalue weighted by molar-refractivity contribution is 0.0398. The lowest BCUT2D eigenvalue weighted by Gasteiger charge is -2.26. The van der Waals surface area contributed by atoms with Crippen LogP contribution in [-0.2, 0) is 4.74 Å². The summed E-state index contributed by atoms with van der Waals surface area (Å²) in [4.78, 5) is 11.0. The number of nitrogens with one attached hydrogen (secondary N) is 2. The Labute approximate surface area is 120 Å². The Balaban J connectivity index is 1.82. The molecule has 1 aliphatic rings. The molecular weight excluding hydrogens is 254 g/mol. The Hall–Kier alpha value is -1.40. The van der Waals surface area contributed by atoms with Crippen LogP contribution in [0.5, 0.6) is 0 Å². The quantitative estimate of drug-likeness (QED) is 0.785. The minimum absolute atomic E-state index is 0.845. The third kappa shape index (κ3) is 4.31. The van der Waals surface area contributed by atoms with E-state index in [0.717, 1.165) is 69.6 Å². The van der Waals surface area contributed by atoms with Gasteiger partial charge in [0.05, 0.1) is 13.2 Å². The maximum atomic E-state index is 5.35. The van der Waals surface area contributed by atoms with Crippen LogP contribution in [-0.4, -0.2) is 60.8 Å². The van der Waals surface area contributed by atoms with Crippen molar-refractivity contribution in [3.8, 4) is 0 Å². The van der Waals surface area contributed by atoms with Gasteiger partial charge in [-0.2, -0.15) is 0 Å². The Morgan fingerprint density at radius 1 is 1.15 bits per heavy atom. The molecule has 20 heavy (non-hydrogen) atoms. The van der Waals surface area contributed by atoms with E-state index in [1.165, 1.54) is 0 Å². The van der Waals surface area contributed by atoms with Crippen LogP contribution in [0.2, 0.25) is 0 Å². The van der Waals surface area contributed by atoms with Crippen molar-refractivity contribution in [2.45, 2.75) is 20.3 Å². The number of ether oxygens (including phenoxy) is 1. The molecule has 6 heteroatoms. The highest BCUT2D eigenvalue weighted by molar-refractivity contribution is 5.56.